The first-order valence-electron chi connectivity index (χ1n) is 10.1. The minimum atomic E-state index is -3.89. The summed E-state index contributed by atoms with van der Waals surface area (Å²) in [6.45, 7) is 0.453. The van der Waals surface area contributed by atoms with Gasteiger partial charge in [-0.2, -0.15) is 0 Å². The fourth-order valence-corrected chi connectivity index (χ4v) is 4.45. The average Bonchev–Trinajstić information content (AvgIpc) is 2.80. The third kappa shape index (κ3) is 4.63. The molecule has 0 unspecified atom stereocenters. The van der Waals surface area contributed by atoms with Crippen molar-refractivity contribution >= 4 is 15.7 Å². The van der Waals surface area contributed by atoms with Crippen LogP contribution in [-0.2, 0) is 16.4 Å². The molecule has 1 atom stereocenters. The number of sulfonamides is 1. The molecule has 32 heavy (non-hydrogen) atoms. The second kappa shape index (κ2) is 9.05. The summed E-state index contributed by atoms with van der Waals surface area (Å²) in [4.78, 5) is 6.22. The summed E-state index contributed by atoms with van der Waals surface area (Å²) in [5.41, 5.74) is 1.20. The molecule has 0 saturated heterocycles. The summed E-state index contributed by atoms with van der Waals surface area (Å²) in [5.74, 6) is 2.07. The van der Waals surface area contributed by atoms with E-state index in [9.17, 15) is 8.42 Å². The molecule has 0 bridgehead atoms. The topological polar surface area (TPSA) is 90.0 Å². The highest BCUT2D eigenvalue weighted by molar-refractivity contribution is 7.92. The molecule has 9 heteroatoms. The van der Waals surface area contributed by atoms with Crippen molar-refractivity contribution in [2.45, 2.75) is 17.4 Å². The van der Waals surface area contributed by atoms with Crippen molar-refractivity contribution in [3.63, 3.8) is 0 Å². The Labute approximate surface area is 187 Å². The number of likely N-dealkylation sites (N-methyl/N-ethyl adjacent to an activating group) is 1. The number of nitrogens with one attached hydrogen (secondary N) is 1. The molecule has 1 aliphatic rings. The van der Waals surface area contributed by atoms with Crippen LogP contribution in [-0.4, -0.2) is 52.2 Å². The number of pyridine rings is 1. The van der Waals surface area contributed by atoms with E-state index in [1.807, 2.05) is 32.3 Å². The van der Waals surface area contributed by atoms with E-state index in [1.54, 1.807) is 31.4 Å². The zero-order valence-electron chi connectivity index (χ0n) is 18.1. The van der Waals surface area contributed by atoms with E-state index in [2.05, 4.69) is 14.6 Å². The van der Waals surface area contributed by atoms with Gasteiger partial charge >= 0.3 is 0 Å². The molecule has 2 heterocycles. The highest BCUT2D eigenvalue weighted by Gasteiger charge is 2.28. The zero-order valence-corrected chi connectivity index (χ0v) is 18.9. The van der Waals surface area contributed by atoms with Crippen molar-refractivity contribution in [1.82, 2.24) is 9.88 Å². The maximum Gasteiger partial charge on any atom is 0.263 e. The third-order valence-corrected chi connectivity index (χ3v) is 6.61. The van der Waals surface area contributed by atoms with Gasteiger partial charge < -0.3 is 19.1 Å². The molecule has 1 aliphatic heterocycles. The van der Waals surface area contributed by atoms with Gasteiger partial charge in [-0.25, -0.2) is 13.4 Å². The fraction of sp³-hybridized carbons (Fsp3) is 0.261. The third-order valence-electron chi connectivity index (χ3n) is 5.26. The summed E-state index contributed by atoms with van der Waals surface area (Å²) in [5, 5.41) is 0. The van der Waals surface area contributed by atoms with Crippen molar-refractivity contribution < 1.29 is 22.6 Å². The second-order valence-corrected chi connectivity index (χ2v) is 9.29. The van der Waals surface area contributed by atoms with Gasteiger partial charge in [-0.1, -0.05) is 18.2 Å². The quantitative estimate of drug-likeness (QED) is 0.583. The number of fused-ring (bicyclic) bond motifs is 1. The monoisotopic (exact) mass is 455 g/mol. The van der Waals surface area contributed by atoms with Gasteiger partial charge in [0.1, 0.15) is 28.8 Å². The maximum atomic E-state index is 13.0. The Bertz CT molecular complexity index is 1180. The molecule has 0 radical (unpaired) electrons. The average molecular weight is 456 g/mol. The number of methoxy groups -OCH3 is 1. The van der Waals surface area contributed by atoms with Crippen molar-refractivity contribution in [1.29, 1.82) is 0 Å². The van der Waals surface area contributed by atoms with Gasteiger partial charge in [-0.05, 0) is 50.8 Å². The van der Waals surface area contributed by atoms with Crippen LogP contribution in [0.25, 0.3) is 0 Å². The maximum absolute atomic E-state index is 13.0. The van der Waals surface area contributed by atoms with Crippen LogP contribution in [0.15, 0.2) is 65.7 Å². The molecule has 0 aliphatic carbocycles. The van der Waals surface area contributed by atoms with Crippen molar-refractivity contribution in [2.24, 2.45) is 0 Å². The van der Waals surface area contributed by atoms with Crippen LogP contribution < -0.4 is 18.9 Å². The van der Waals surface area contributed by atoms with Crippen LogP contribution >= 0.6 is 0 Å². The van der Waals surface area contributed by atoms with E-state index in [0.717, 1.165) is 5.56 Å². The lowest BCUT2D eigenvalue weighted by molar-refractivity contribution is 0.164. The lowest BCUT2D eigenvalue weighted by Gasteiger charge is -2.32. The van der Waals surface area contributed by atoms with Crippen LogP contribution in [0.5, 0.6) is 23.1 Å². The van der Waals surface area contributed by atoms with E-state index in [-0.39, 0.29) is 10.9 Å². The Morgan fingerprint density at radius 2 is 1.88 bits per heavy atom. The molecule has 1 aromatic heterocycles. The number of aromatic nitrogens is 1. The van der Waals surface area contributed by atoms with Crippen LogP contribution in [0.3, 0.4) is 0 Å². The van der Waals surface area contributed by atoms with Gasteiger partial charge in [0.2, 0.25) is 5.88 Å². The summed E-state index contributed by atoms with van der Waals surface area (Å²) < 4.78 is 45.7. The van der Waals surface area contributed by atoms with Crippen LogP contribution in [0, 0.1) is 0 Å². The first-order chi connectivity index (χ1) is 15.4. The van der Waals surface area contributed by atoms with Crippen molar-refractivity contribution in [3.8, 4) is 23.1 Å². The van der Waals surface area contributed by atoms with E-state index in [4.69, 9.17) is 14.2 Å². The number of rotatable bonds is 7. The van der Waals surface area contributed by atoms with Crippen molar-refractivity contribution in [3.05, 3.63) is 66.4 Å². The van der Waals surface area contributed by atoms with Gasteiger partial charge in [0.05, 0.1) is 19.0 Å². The first-order valence-corrected chi connectivity index (χ1v) is 11.6. The Kier molecular flexibility index (Phi) is 6.20. The molecule has 3 aromatic rings. The van der Waals surface area contributed by atoms with Crippen LogP contribution in [0.1, 0.15) is 5.56 Å². The standard InChI is InChI=1S/C23H25N3O5S/c1-26(2)16-13-19-21(29-3)11-10-20(23(19)30-15-16)25-32(27,28)18-9-12-22(24-14-18)31-17-7-5-4-6-8-17/h4-12,14,16,25H,13,15H2,1-3H3/t16-/m1/s1. The van der Waals surface area contributed by atoms with Crippen LogP contribution in [0.4, 0.5) is 5.69 Å². The second-order valence-electron chi connectivity index (χ2n) is 7.61. The minimum Gasteiger partial charge on any atom is -0.496 e. The fourth-order valence-electron chi connectivity index (χ4n) is 3.44. The van der Waals surface area contributed by atoms with Gasteiger partial charge in [-0.15, -0.1) is 0 Å². The zero-order chi connectivity index (χ0) is 22.7. The predicted molar refractivity (Wildman–Crippen MR) is 121 cm³/mol. The number of nitrogens with zero attached hydrogens (tertiary/aromatic N) is 2. The Balaban J connectivity index is 1.57. The van der Waals surface area contributed by atoms with Gasteiger partial charge in [-0.3, -0.25) is 4.72 Å². The minimum absolute atomic E-state index is 0.0180. The van der Waals surface area contributed by atoms with E-state index in [0.29, 0.717) is 41.8 Å². The molecule has 1 N–H and O–H groups in total. The molecular formula is C23H25N3O5S. The lowest BCUT2D eigenvalue weighted by atomic mass is 10.00. The molecule has 8 nitrogen and oxygen atoms in total. The van der Waals surface area contributed by atoms with E-state index >= 15 is 0 Å². The SMILES string of the molecule is COc1ccc(NS(=O)(=O)c2ccc(Oc3ccccc3)nc2)c2c1C[C@@H](N(C)C)CO2. The number of hydrogen-bond acceptors (Lipinski definition) is 7. The largest absolute Gasteiger partial charge is 0.496 e. The molecule has 168 valence electrons. The highest BCUT2D eigenvalue weighted by atomic mass is 32.2. The molecule has 0 spiro atoms. The number of ether oxygens (including phenoxy) is 3. The van der Waals surface area contributed by atoms with Gasteiger partial charge in [0.25, 0.3) is 10.0 Å². The predicted octanol–water partition coefficient (Wildman–Crippen LogP) is 3.55. The molecule has 0 fully saturated rings. The summed E-state index contributed by atoms with van der Waals surface area (Å²) >= 11 is 0. The molecular weight excluding hydrogens is 430 g/mol. The van der Waals surface area contributed by atoms with Crippen molar-refractivity contribution in [2.75, 3.05) is 32.5 Å². The Hall–Kier alpha value is -3.30. The van der Waals surface area contributed by atoms with E-state index in [1.165, 1.54) is 18.3 Å². The number of para-hydroxylation sites is 1. The summed E-state index contributed by atoms with van der Waals surface area (Å²) in [6.07, 6.45) is 1.95. The summed E-state index contributed by atoms with van der Waals surface area (Å²) in [6, 6.07) is 15.7. The number of hydrogen-bond donors (Lipinski definition) is 1. The Morgan fingerprint density at radius 1 is 1.09 bits per heavy atom. The van der Waals surface area contributed by atoms with Crippen LogP contribution in [0.2, 0.25) is 0 Å². The Morgan fingerprint density at radius 3 is 2.53 bits per heavy atom. The molecule has 0 amide bonds. The molecule has 0 saturated carbocycles. The van der Waals surface area contributed by atoms with Gasteiger partial charge in [0, 0.05) is 17.7 Å². The number of anilines is 1. The molecule has 2 aromatic carbocycles. The first kappa shape index (κ1) is 21.9. The van der Waals surface area contributed by atoms with E-state index < -0.39 is 10.0 Å². The smallest absolute Gasteiger partial charge is 0.263 e. The number of benzene rings is 2. The van der Waals surface area contributed by atoms with Gasteiger partial charge in [0.15, 0.2) is 0 Å². The summed E-state index contributed by atoms with van der Waals surface area (Å²) in [7, 11) is 1.67. The normalized spacial score (nSPS) is 15.6. The molecule has 4 rings (SSSR count). The highest BCUT2D eigenvalue weighted by Crippen LogP contribution is 2.40. The lowest BCUT2D eigenvalue weighted by Crippen LogP contribution is -2.38.